The second-order valence-corrected chi connectivity index (χ2v) is 7.82. The SMILES string of the molecule is COc1ccc(NS(=O)(=O)c2ccc(N3CC(C(N)=O)CC3=O)cc2)cc1. The Kier molecular flexibility index (Phi) is 5.04. The maximum absolute atomic E-state index is 12.5. The molecule has 0 aliphatic carbocycles. The Morgan fingerprint density at radius 1 is 1.15 bits per heavy atom. The normalized spacial score (nSPS) is 17.0. The molecule has 1 aliphatic rings. The molecule has 1 aliphatic heterocycles. The third-order valence-corrected chi connectivity index (χ3v) is 5.73. The number of benzene rings is 2. The number of sulfonamides is 1. The molecule has 142 valence electrons. The van der Waals surface area contributed by atoms with E-state index in [9.17, 15) is 18.0 Å². The number of ether oxygens (including phenoxy) is 1. The molecule has 1 saturated heterocycles. The van der Waals surface area contributed by atoms with Gasteiger partial charge in [-0.3, -0.25) is 14.3 Å². The van der Waals surface area contributed by atoms with E-state index in [1.165, 1.54) is 36.3 Å². The molecular weight excluding hydrogens is 370 g/mol. The number of amides is 2. The summed E-state index contributed by atoms with van der Waals surface area (Å²) in [6.07, 6.45) is 0.0639. The average Bonchev–Trinajstić information content (AvgIpc) is 3.04. The molecule has 0 bridgehead atoms. The molecule has 2 amide bonds. The smallest absolute Gasteiger partial charge is 0.261 e. The second-order valence-electron chi connectivity index (χ2n) is 6.14. The zero-order chi connectivity index (χ0) is 19.6. The molecule has 2 aromatic carbocycles. The predicted molar refractivity (Wildman–Crippen MR) is 99.9 cm³/mol. The summed E-state index contributed by atoms with van der Waals surface area (Å²) in [6, 6.07) is 12.4. The number of nitrogens with two attached hydrogens (primary N) is 1. The summed E-state index contributed by atoms with van der Waals surface area (Å²) < 4.78 is 32.5. The number of carbonyl (C=O) groups is 2. The molecule has 8 nitrogen and oxygen atoms in total. The lowest BCUT2D eigenvalue weighted by molar-refractivity contribution is -0.123. The first-order valence-corrected chi connectivity index (χ1v) is 9.65. The van der Waals surface area contributed by atoms with Gasteiger partial charge in [0.1, 0.15) is 5.75 Å². The van der Waals surface area contributed by atoms with Crippen LogP contribution in [0.25, 0.3) is 0 Å². The molecule has 0 saturated carbocycles. The van der Waals surface area contributed by atoms with E-state index in [1.807, 2.05) is 0 Å². The van der Waals surface area contributed by atoms with Crippen LogP contribution in [-0.2, 0) is 19.6 Å². The van der Waals surface area contributed by atoms with Crippen molar-refractivity contribution in [2.75, 3.05) is 23.3 Å². The fourth-order valence-corrected chi connectivity index (χ4v) is 3.88. The van der Waals surface area contributed by atoms with Gasteiger partial charge in [0.2, 0.25) is 11.8 Å². The average molecular weight is 389 g/mol. The molecule has 0 spiro atoms. The Balaban J connectivity index is 1.75. The van der Waals surface area contributed by atoms with E-state index in [0.29, 0.717) is 17.1 Å². The summed E-state index contributed by atoms with van der Waals surface area (Å²) in [7, 11) is -2.25. The first kappa shape index (κ1) is 18.7. The summed E-state index contributed by atoms with van der Waals surface area (Å²) >= 11 is 0. The van der Waals surface area contributed by atoms with Crippen LogP contribution in [0.3, 0.4) is 0 Å². The molecule has 1 atom stereocenters. The Bertz CT molecular complexity index is 955. The van der Waals surface area contributed by atoms with Crippen molar-refractivity contribution in [3.05, 3.63) is 48.5 Å². The van der Waals surface area contributed by atoms with E-state index in [1.54, 1.807) is 24.3 Å². The molecule has 27 heavy (non-hydrogen) atoms. The number of carbonyl (C=O) groups excluding carboxylic acids is 2. The first-order chi connectivity index (χ1) is 12.8. The minimum absolute atomic E-state index is 0.0557. The minimum Gasteiger partial charge on any atom is -0.497 e. The lowest BCUT2D eigenvalue weighted by Gasteiger charge is -2.17. The molecular formula is C18H19N3O5S. The standard InChI is InChI=1S/C18H19N3O5S/c1-26-15-6-2-13(3-7-15)20-27(24,25)16-8-4-14(5-9-16)21-11-12(18(19)23)10-17(21)22/h2-9,12,20H,10-11H2,1H3,(H2,19,23). The second kappa shape index (κ2) is 7.28. The Morgan fingerprint density at radius 2 is 1.78 bits per heavy atom. The highest BCUT2D eigenvalue weighted by atomic mass is 32.2. The maximum Gasteiger partial charge on any atom is 0.261 e. The van der Waals surface area contributed by atoms with Crippen molar-refractivity contribution in [2.24, 2.45) is 11.7 Å². The summed E-state index contributed by atoms with van der Waals surface area (Å²) in [4.78, 5) is 24.8. The van der Waals surface area contributed by atoms with Gasteiger partial charge < -0.3 is 15.4 Å². The number of anilines is 2. The van der Waals surface area contributed by atoms with Gasteiger partial charge in [0.05, 0.1) is 17.9 Å². The quantitative estimate of drug-likeness (QED) is 0.773. The summed E-state index contributed by atoms with van der Waals surface area (Å²) in [5.74, 6) is -0.649. The van der Waals surface area contributed by atoms with Crippen LogP contribution in [0.1, 0.15) is 6.42 Å². The summed E-state index contributed by atoms with van der Waals surface area (Å²) in [5.41, 5.74) is 6.18. The third kappa shape index (κ3) is 4.03. The van der Waals surface area contributed by atoms with Crippen LogP contribution in [0.4, 0.5) is 11.4 Å². The van der Waals surface area contributed by atoms with Gasteiger partial charge in [-0.1, -0.05) is 0 Å². The van der Waals surface area contributed by atoms with Crippen LogP contribution < -0.4 is 20.1 Å². The van der Waals surface area contributed by atoms with Crippen LogP contribution in [0, 0.1) is 5.92 Å². The fraction of sp³-hybridized carbons (Fsp3) is 0.222. The number of hydrogen-bond acceptors (Lipinski definition) is 5. The van der Waals surface area contributed by atoms with Gasteiger partial charge in [-0.05, 0) is 48.5 Å². The monoisotopic (exact) mass is 389 g/mol. The van der Waals surface area contributed by atoms with Crippen molar-refractivity contribution < 1.29 is 22.7 Å². The number of methoxy groups -OCH3 is 1. The molecule has 0 aromatic heterocycles. The van der Waals surface area contributed by atoms with E-state index in [0.717, 1.165) is 0 Å². The van der Waals surface area contributed by atoms with Crippen molar-refractivity contribution in [3.63, 3.8) is 0 Å². The van der Waals surface area contributed by atoms with Gasteiger partial charge in [0, 0.05) is 24.3 Å². The van der Waals surface area contributed by atoms with Gasteiger partial charge in [0.25, 0.3) is 10.0 Å². The molecule has 3 rings (SSSR count). The van der Waals surface area contributed by atoms with Crippen molar-refractivity contribution in [3.8, 4) is 5.75 Å². The third-order valence-electron chi connectivity index (χ3n) is 4.33. The lowest BCUT2D eigenvalue weighted by atomic mass is 10.1. The van der Waals surface area contributed by atoms with Crippen LogP contribution in [-0.4, -0.2) is 33.9 Å². The van der Waals surface area contributed by atoms with Gasteiger partial charge >= 0.3 is 0 Å². The number of nitrogens with one attached hydrogen (secondary N) is 1. The highest BCUT2D eigenvalue weighted by Gasteiger charge is 2.34. The van der Waals surface area contributed by atoms with E-state index < -0.39 is 21.8 Å². The summed E-state index contributed by atoms with van der Waals surface area (Å²) in [6.45, 7) is 0.199. The number of primary amides is 1. The van der Waals surface area contributed by atoms with Gasteiger partial charge in [-0.2, -0.15) is 0 Å². The Morgan fingerprint density at radius 3 is 2.30 bits per heavy atom. The predicted octanol–water partition coefficient (Wildman–Crippen LogP) is 1.33. The van der Waals surface area contributed by atoms with Crippen LogP contribution in [0.2, 0.25) is 0 Å². The maximum atomic E-state index is 12.5. The van der Waals surface area contributed by atoms with Gasteiger partial charge in [0.15, 0.2) is 0 Å². The zero-order valence-corrected chi connectivity index (χ0v) is 15.4. The van der Waals surface area contributed by atoms with Crippen LogP contribution >= 0.6 is 0 Å². The molecule has 0 radical (unpaired) electrons. The number of hydrogen-bond donors (Lipinski definition) is 2. The first-order valence-electron chi connectivity index (χ1n) is 8.17. The molecule has 9 heteroatoms. The highest BCUT2D eigenvalue weighted by Crippen LogP contribution is 2.27. The topological polar surface area (TPSA) is 119 Å². The minimum atomic E-state index is -3.78. The highest BCUT2D eigenvalue weighted by molar-refractivity contribution is 7.92. The van der Waals surface area contributed by atoms with E-state index in [-0.39, 0.29) is 23.8 Å². The van der Waals surface area contributed by atoms with Crippen molar-refractivity contribution in [1.29, 1.82) is 0 Å². The van der Waals surface area contributed by atoms with E-state index in [4.69, 9.17) is 10.5 Å². The van der Waals surface area contributed by atoms with Crippen LogP contribution in [0.15, 0.2) is 53.4 Å². The molecule has 3 N–H and O–H groups in total. The van der Waals surface area contributed by atoms with Gasteiger partial charge in [-0.15, -0.1) is 0 Å². The van der Waals surface area contributed by atoms with Crippen LogP contribution in [0.5, 0.6) is 5.75 Å². The number of nitrogens with zero attached hydrogens (tertiary/aromatic N) is 1. The largest absolute Gasteiger partial charge is 0.497 e. The van der Waals surface area contributed by atoms with Crippen molar-refractivity contribution in [2.45, 2.75) is 11.3 Å². The molecule has 1 unspecified atom stereocenters. The van der Waals surface area contributed by atoms with Gasteiger partial charge in [-0.25, -0.2) is 8.42 Å². The number of rotatable bonds is 6. The molecule has 1 heterocycles. The lowest BCUT2D eigenvalue weighted by Crippen LogP contribution is -2.28. The Hall–Kier alpha value is -3.07. The molecule has 1 fully saturated rings. The fourth-order valence-electron chi connectivity index (χ4n) is 2.83. The summed E-state index contributed by atoms with van der Waals surface area (Å²) in [5, 5.41) is 0. The van der Waals surface area contributed by atoms with Crippen molar-refractivity contribution >= 4 is 33.2 Å². The van der Waals surface area contributed by atoms with E-state index >= 15 is 0 Å². The zero-order valence-electron chi connectivity index (χ0n) is 14.6. The molecule has 2 aromatic rings. The van der Waals surface area contributed by atoms with Crippen molar-refractivity contribution in [1.82, 2.24) is 0 Å². The van der Waals surface area contributed by atoms with E-state index in [2.05, 4.69) is 4.72 Å². The Labute approximate surface area is 157 Å².